The summed E-state index contributed by atoms with van der Waals surface area (Å²) >= 11 is 9.45. The van der Waals surface area contributed by atoms with Crippen LogP contribution in [0.15, 0.2) is 27.2 Å². The van der Waals surface area contributed by atoms with Gasteiger partial charge in [-0.2, -0.15) is 4.98 Å². The number of hydrogen-bond acceptors (Lipinski definition) is 5. The first kappa shape index (κ1) is 16.4. The molecular formula is C14H18BrClN4O. The molecule has 0 saturated carbocycles. The van der Waals surface area contributed by atoms with Crippen LogP contribution in [0.1, 0.15) is 25.7 Å². The van der Waals surface area contributed by atoms with Crippen molar-refractivity contribution in [1.29, 1.82) is 0 Å². The average molecular weight is 374 g/mol. The smallest absolute Gasteiger partial charge is 0.259 e. The quantitative estimate of drug-likeness (QED) is 0.839. The zero-order chi connectivity index (χ0) is 15.4. The highest BCUT2D eigenvalue weighted by molar-refractivity contribution is 9.10. The fraction of sp³-hybridized carbons (Fsp3) is 0.429. The van der Waals surface area contributed by atoms with Crippen LogP contribution in [-0.4, -0.2) is 34.7 Å². The van der Waals surface area contributed by atoms with E-state index in [1.54, 1.807) is 12.1 Å². The third-order valence-electron chi connectivity index (χ3n) is 3.28. The van der Waals surface area contributed by atoms with Crippen molar-refractivity contribution in [2.75, 3.05) is 19.6 Å². The van der Waals surface area contributed by atoms with E-state index in [9.17, 15) is 0 Å². The van der Waals surface area contributed by atoms with E-state index in [0.29, 0.717) is 23.3 Å². The Labute approximate surface area is 137 Å². The zero-order valence-corrected chi connectivity index (χ0v) is 14.4. The van der Waals surface area contributed by atoms with E-state index in [2.05, 4.69) is 44.8 Å². The Morgan fingerprint density at radius 1 is 1.38 bits per heavy atom. The molecule has 1 unspecified atom stereocenters. The lowest BCUT2D eigenvalue weighted by Crippen LogP contribution is -2.32. The van der Waals surface area contributed by atoms with Gasteiger partial charge in [0.1, 0.15) is 0 Å². The van der Waals surface area contributed by atoms with Gasteiger partial charge in [0, 0.05) is 16.0 Å². The number of rotatable bonds is 6. The summed E-state index contributed by atoms with van der Waals surface area (Å²) in [5.74, 6) is 0.915. The first-order chi connectivity index (χ1) is 10.0. The highest BCUT2D eigenvalue weighted by atomic mass is 79.9. The number of likely N-dealkylation sites (N-methyl/N-ethyl adjacent to an activating group) is 1. The molecule has 0 aliphatic carbocycles. The fourth-order valence-electron chi connectivity index (χ4n) is 2.00. The molecular weight excluding hydrogens is 356 g/mol. The number of hydrogen-bond donors (Lipinski definition) is 1. The molecule has 0 amide bonds. The minimum absolute atomic E-state index is 0.277. The van der Waals surface area contributed by atoms with Crippen molar-refractivity contribution in [3.63, 3.8) is 0 Å². The van der Waals surface area contributed by atoms with Crippen molar-refractivity contribution < 1.29 is 4.52 Å². The molecule has 21 heavy (non-hydrogen) atoms. The molecule has 1 aromatic heterocycles. The molecule has 0 fully saturated rings. The predicted octanol–water partition coefficient (Wildman–Crippen LogP) is 3.49. The SMILES string of the molecule is CCN(CC)CC(N)c1noc(-c2cc(Cl)ccc2Br)n1. The van der Waals surface area contributed by atoms with Crippen LogP contribution in [0.4, 0.5) is 0 Å². The van der Waals surface area contributed by atoms with Crippen LogP contribution >= 0.6 is 27.5 Å². The first-order valence-corrected chi connectivity index (χ1v) is 7.99. The van der Waals surface area contributed by atoms with E-state index in [0.717, 1.165) is 23.1 Å². The van der Waals surface area contributed by atoms with Crippen LogP contribution in [0.3, 0.4) is 0 Å². The van der Waals surface area contributed by atoms with Crippen molar-refractivity contribution in [2.45, 2.75) is 19.9 Å². The molecule has 1 atom stereocenters. The topological polar surface area (TPSA) is 68.2 Å². The summed E-state index contributed by atoms with van der Waals surface area (Å²) in [5.41, 5.74) is 6.90. The minimum atomic E-state index is -0.277. The molecule has 114 valence electrons. The maximum Gasteiger partial charge on any atom is 0.259 e. The second-order valence-electron chi connectivity index (χ2n) is 4.67. The van der Waals surface area contributed by atoms with Crippen LogP contribution < -0.4 is 5.73 Å². The maximum atomic E-state index is 6.14. The lowest BCUT2D eigenvalue weighted by Gasteiger charge is -2.20. The molecule has 0 bridgehead atoms. The van der Waals surface area contributed by atoms with Gasteiger partial charge >= 0.3 is 0 Å². The standard InChI is InChI=1S/C14H18BrClN4O/c1-3-20(4-2)8-12(17)13-18-14(21-19-13)10-7-9(16)5-6-11(10)15/h5-7,12H,3-4,8,17H2,1-2H3. The Balaban J connectivity index is 2.19. The van der Waals surface area contributed by atoms with Crippen LogP contribution in [0.5, 0.6) is 0 Å². The molecule has 0 aliphatic heterocycles. The van der Waals surface area contributed by atoms with Crippen LogP contribution in [0.25, 0.3) is 11.5 Å². The summed E-state index contributed by atoms with van der Waals surface area (Å²) in [5, 5.41) is 4.59. The van der Waals surface area contributed by atoms with Crippen molar-refractivity contribution in [1.82, 2.24) is 15.0 Å². The molecule has 0 aliphatic rings. The van der Waals surface area contributed by atoms with Gasteiger partial charge in [0.05, 0.1) is 11.6 Å². The highest BCUT2D eigenvalue weighted by Gasteiger charge is 2.18. The van der Waals surface area contributed by atoms with E-state index in [1.807, 2.05) is 6.07 Å². The van der Waals surface area contributed by atoms with Gasteiger partial charge in [-0.05, 0) is 47.2 Å². The van der Waals surface area contributed by atoms with Crippen molar-refractivity contribution in [2.24, 2.45) is 5.73 Å². The molecule has 0 radical (unpaired) electrons. The second-order valence-corrected chi connectivity index (χ2v) is 5.97. The van der Waals surface area contributed by atoms with Gasteiger partial charge in [0.2, 0.25) is 0 Å². The van der Waals surface area contributed by atoms with E-state index in [4.69, 9.17) is 21.9 Å². The van der Waals surface area contributed by atoms with E-state index in [1.165, 1.54) is 0 Å². The molecule has 5 nitrogen and oxygen atoms in total. The highest BCUT2D eigenvalue weighted by Crippen LogP contribution is 2.30. The molecule has 1 aromatic carbocycles. The minimum Gasteiger partial charge on any atom is -0.334 e. The molecule has 2 rings (SSSR count). The van der Waals surface area contributed by atoms with Crippen molar-refractivity contribution >= 4 is 27.5 Å². The average Bonchev–Trinajstić information content (AvgIpc) is 2.96. The Morgan fingerprint density at radius 3 is 2.76 bits per heavy atom. The van der Waals surface area contributed by atoms with Crippen LogP contribution in [0, 0.1) is 0 Å². The third kappa shape index (κ3) is 4.03. The second kappa shape index (κ2) is 7.35. The summed E-state index contributed by atoms with van der Waals surface area (Å²) in [6.07, 6.45) is 0. The van der Waals surface area contributed by atoms with Gasteiger partial charge in [-0.3, -0.25) is 0 Å². The number of nitrogens with two attached hydrogens (primary N) is 1. The monoisotopic (exact) mass is 372 g/mol. The molecule has 7 heteroatoms. The molecule has 2 aromatic rings. The number of aromatic nitrogens is 2. The van der Waals surface area contributed by atoms with Gasteiger partial charge in [-0.1, -0.05) is 30.6 Å². The first-order valence-electron chi connectivity index (χ1n) is 6.82. The Bertz CT molecular complexity index is 600. The Hall–Kier alpha value is -0.950. The third-order valence-corrected chi connectivity index (χ3v) is 4.21. The van der Waals surface area contributed by atoms with Gasteiger partial charge in [0.15, 0.2) is 5.82 Å². The van der Waals surface area contributed by atoms with Gasteiger partial charge in [-0.25, -0.2) is 0 Å². The van der Waals surface area contributed by atoms with E-state index >= 15 is 0 Å². The van der Waals surface area contributed by atoms with Crippen molar-refractivity contribution in [3.8, 4) is 11.5 Å². The lowest BCUT2D eigenvalue weighted by atomic mass is 10.2. The van der Waals surface area contributed by atoms with Gasteiger partial charge in [-0.15, -0.1) is 0 Å². The van der Waals surface area contributed by atoms with Crippen LogP contribution in [-0.2, 0) is 0 Å². The predicted molar refractivity (Wildman–Crippen MR) is 87.2 cm³/mol. The molecule has 2 N–H and O–H groups in total. The maximum absolute atomic E-state index is 6.14. The Morgan fingerprint density at radius 2 is 2.10 bits per heavy atom. The Kier molecular flexibility index (Phi) is 5.75. The summed E-state index contributed by atoms with van der Waals surface area (Å²) in [4.78, 5) is 6.60. The zero-order valence-electron chi connectivity index (χ0n) is 12.0. The largest absolute Gasteiger partial charge is 0.334 e. The normalized spacial score (nSPS) is 12.9. The van der Waals surface area contributed by atoms with Gasteiger partial charge in [0.25, 0.3) is 5.89 Å². The summed E-state index contributed by atoms with van der Waals surface area (Å²) in [6.45, 7) is 6.77. The number of nitrogens with zero attached hydrogens (tertiary/aromatic N) is 3. The van der Waals surface area contributed by atoms with E-state index < -0.39 is 0 Å². The van der Waals surface area contributed by atoms with Crippen LogP contribution in [0.2, 0.25) is 5.02 Å². The summed E-state index contributed by atoms with van der Waals surface area (Å²) in [7, 11) is 0. The van der Waals surface area contributed by atoms with Crippen molar-refractivity contribution in [3.05, 3.63) is 33.5 Å². The summed E-state index contributed by atoms with van der Waals surface area (Å²) in [6, 6.07) is 5.13. The lowest BCUT2D eigenvalue weighted by molar-refractivity contribution is 0.278. The molecule has 1 heterocycles. The summed E-state index contributed by atoms with van der Waals surface area (Å²) < 4.78 is 6.15. The molecule has 0 saturated heterocycles. The van der Waals surface area contributed by atoms with Gasteiger partial charge < -0.3 is 15.2 Å². The number of benzene rings is 1. The molecule has 0 spiro atoms. The van der Waals surface area contributed by atoms with E-state index in [-0.39, 0.29) is 6.04 Å². The number of halogens is 2. The fourth-order valence-corrected chi connectivity index (χ4v) is 2.59.